The highest BCUT2D eigenvalue weighted by molar-refractivity contribution is 7.18. The van der Waals surface area contributed by atoms with E-state index in [1.165, 1.54) is 4.88 Å². The number of nitrogens with one attached hydrogen (secondary N) is 1. The Hall–Kier alpha value is -3.11. The summed E-state index contributed by atoms with van der Waals surface area (Å²) in [4.78, 5) is 22.4. The highest BCUT2D eigenvalue weighted by Crippen LogP contribution is 2.37. The zero-order valence-corrected chi connectivity index (χ0v) is 18.4. The Kier molecular flexibility index (Phi) is 5.03. The molecule has 3 heterocycles. The van der Waals surface area contributed by atoms with Gasteiger partial charge in [-0.3, -0.25) is 4.79 Å². The highest BCUT2D eigenvalue weighted by atomic mass is 32.1. The number of fused-ring (bicyclic) bond motifs is 4. The second kappa shape index (κ2) is 7.86. The number of hydrogen-bond acceptors (Lipinski definition) is 6. The number of nitriles is 1. The lowest BCUT2D eigenvalue weighted by Crippen LogP contribution is -2.12. The molecule has 0 amide bonds. The molecule has 0 saturated heterocycles. The number of aryl methyl sites for hydroxylation is 2. The maximum absolute atomic E-state index is 12.9. The summed E-state index contributed by atoms with van der Waals surface area (Å²) in [6, 6.07) is 6.09. The summed E-state index contributed by atoms with van der Waals surface area (Å²) in [7, 11) is 0. The van der Waals surface area contributed by atoms with Gasteiger partial charge in [-0.2, -0.15) is 5.26 Å². The van der Waals surface area contributed by atoms with Gasteiger partial charge in [-0.05, 0) is 63.3 Å². The van der Waals surface area contributed by atoms with Gasteiger partial charge in [0, 0.05) is 22.4 Å². The van der Waals surface area contributed by atoms with Crippen molar-refractivity contribution in [1.82, 2.24) is 9.97 Å². The molecule has 1 atom stereocenters. The number of ether oxygens (including phenoxy) is 2. The van der Waals surface area contributed by atoms with Crippen LogP contribution in [0, 0.1) is 11.3 Å². The van der Waals surface area contributed by atoms with Crippen LogP contribution < -0.4 is 15.0 Å². The second-order valence-electron chi connectivity index (χ2n) is 8.04. The van der Waals surface area contributed by atoms with Crippen molar-refractivity contribution in [2.75, 3.05) is 6.61 Å². The van der Waals surface area contributed by atoms with Crippen molar-refractivity contribution in [3.05, 3.63) is 49.9 Å². The summed E-state index contributed by atoms with van der Waals surface area (Å²) in [5.41, 5.74) is 3.09. The van der Waals surface area contributed by atoms with Crippen LogP contribution in [0.4, 0.5) is 0 Å². The number of aromatic nitrogens is 2. The van der Waals surface area contributed by atoms with Crippen LogP contribution in [-0.2, 0) is 19.3 Å². The molecule has 0 spiro atoms. The molecule has 1 aromatic carbocycles. The van der Waals surface area contributed by atoms with E-state index in [-0.39, 0.29) is 23.1 Å². The number of thiophene rings is 1. The van der Waals surface area contributed by atoms with Gasteiger partial charge in [0.1, 0.15) is 28.5 Å². The maximum Gasteiger partial charge on any atom is 0.260 e. The Morgan fingerprint density at radius 3 is 3.06 bits per heavy atom. The second-order valence-corrected chi connectivity index (χ2v) is 9.12. The van der Waals surface area contributed by atoms with Gasteiger partial charge >= 0.3 is 0 Å². The van der Waals surface area contributed by atoms with Gasteiger partial charge in [-0.15, -0.1) is 11.3 Å². The molecular weight excluding hydrogens is 410 g/mol. The average molecular weight is 434 g/mol. The third-order valence-electron chi connectivity index (χ3n) is 5.83. The van der Waals surface area contributed by atoms with Crippen LogP contribution in [0.2, 0.25) is 0 Å². The number of H-pyrrole nitrogens is 1. The van der Waals surface area contributed by atoms with Gasteiger partial charge in [0.2, 0.25) is 0 Å². The van der Waals surface area contributed by atoms with Gasteiger partial charge in [0.25, 0.3) is 5.56 Å². The van der Waals surface area contributed by atoms with Gasteiger partial charge in [0.15, 0.2) is 5.82 Å². The van der Waals surface area contributed by atoms with E-state index in [4.69, 9.17) is 9.47 Å². The summed E-state index contributed by atoms with van der Waals surface area (Å²) in [6.45, 7) is 4.47. The maximum atomic E-state index is 12.9. The molecule has 0 radical (unpaired) electrons. The molecule has 1 N–H and O–H groups in total. The fraction of sp³-hybridized carbons (Fsp3) is 0.375. The minimum absolute atomic E-state index is 0.115. The standard InChI is InChI=1S/C24H23N3O3S/c1-3-29-18-10-14-8-13(2)30-19(14)11-15(18)9-16(12-25)22-26-23(28)21-17-6-4-5-7-20(17)31-24(21)27-22/h9-11,13H,3-8H2,1-2H3,(H,26,27,28)/b16-9+. The first-order valence-electron chi connectivity index (χ1n) is 10.7. The Morgan fingerprint density at radius 1 is 1.42 bits per heavy atom. The van der Waals surface area contributed by atoms with E-state index in [0.29, 0.717) is 22.6 Å². The highest BCUT2D eigenvalue weighted by Gasteiger charge is 2.23. The van der Waals surface area contributed by atoms with Crippen LogP contribution in [0.25, 0.3) is 21.9 Å². The Morgan fingerprint density at radius 2 is 2.26 bits per heavy atom. The molecule has 3 aromatic rings. The molecule has 1 aliphatic carbocycles. The summed E-state index contributed by atoms with van der Waals surface area (Å²) in [6.07, 6.45) is 6.83. The molecule has 1 unspecified atom stereocenters. The van der Waals surface area contributed by atoms with E-state index in [0.717, 1.165) is 54.5 Å². The number of hydrogen-bond donors (Lipinski definition) is 1. The van der Waals surface area contributed by atoms with Gasteiger partial charge < -0.3 is 14.5 Å². The van der Waals surface area contributed by atoms with Crippen LogP contribution in [0.1, 0.15) is 54.1 Å². The minimum atomic E-state index is -0.170. The van der Waals surface area contributed by atoms with E-state index >= 15 is 0 Å². The monoisotopic (exact) mass is 433 g/mol. The number of allylic oxidation sites excluding steroid dienone is 1. The molecule has 31 heavy (non-hydrogen) atoms. The van der Waals surface area contributed by atoms with Crippen molar-refractivity contribution < 1.29 is 9.47 Å². The first-order valence-corrected chi connectivity index (χ1v) is 11.5. The molecular formula is C24H23N3O3S. The van der Waals surface area contributed by atoms with Gasteiger partial charge in [0.05, 0.1) is 17.6 Å². The molecule has 7 heteroatoms. The first-order chi connectivity index (χ1) is 15.1. The topological polar surface area (TPSA) is 88.0 Å². The zero-order chi connectivity index (χ0) is 21.5. The van der Waals surface area contributed by atoms with Crippen molar-refractivity contribution in [2.24, 2.45) is 0 Å². The molecule has 1 aliphatic heterocycles. The smallest absolute Gasteiger partial charge is 0.260 e. The predicted octanol–water partition coefficient (Wildman–Crippen LogP) is 4.65. The fourth-order valence-electron chi connectivity index (χ4n) is 4.45. The number of aromatic amines is 1. The van der Waals surface area contributed by atoms with Gasteiger partial charge in [-0.25, -0.2) is 4.98 Å². The van der Waals surface area contributed by atoms with E-state index in [2.05, 4.69) is 16.0 Å². The number of rotatable bonds is 4. The lowest BCUT2D eigenvalue weighted by Gasteiger charge is -2.11. The first kappa shape index (κ1) is 19.8. The van der Waals surface area contributed by atoms with E-state index in [9.17, 15) is 10.1 Å². The normalized spacial score (nSPS) is 17.7. The Labute approximate surface area is 184 Å². The molecule has 2 aromatic heterocycles. The fourth-order valence-corrected chi connectivity index (χ4v) is 5.71. The molecule has 6 nitrogen and oxygen atoms in total. The molecule has 0 fully saturated rings. The van der Waals surface area contributed by atoms with E-state index in [1.807, 2.05) is 26.0 Å². The molecule has 0 bridgehead atoms. The van der Waals surface area contributed by atoms with Crippen LogP contribution in [-0.4, -0.2) is 22.7 Å². The van der Waals surface area contributed by atoms with Crippen molar-refractivity contribution in [1.29, 1.82) is 5.26 Å². The third-order valence-corrected chi connectivity index (χ3v) is 7.01. The van der Waals surface area contributed by atoms with Crippen LogP contribution in [0.3, 0.4) is 0 Å². The van der Waals surface area contributed by atoms with E-state index in [1.54, 1.807) is 17.4 Å². The van der Waals surface area contributed by atoms with Gasteiger partial charge in [-0.1, -0.05) is 0 Å². The summed E-state index contributed by atoms with van der Waals surface area (Å²) in [5, 5.41) is 10.6. The number of nitrogens with zero attached hydrogens (tertiary/aromatic N) is 2. The molecule has 158 valence electrons. The SMILES string of the molecule is CCOc1cc2c(cc1/C=C(\C#N)c1nc3sc4c(c3c(=O)[nH]1)CCCC4)OC(C)C2. The Bertz CT molecular complexity index is 1310. The zero-order valence-electron chi connectivity index (χ0n) is 17.6. The van der Waals surface area contributed by atoms with Crippen molar-refractivity contribution in [3.8, 4) is 17.6 Å². The van der Waals surface area contributed by atoms with Crippen LogP contribution in [0.15, 0.2) is 16.9 Å². The molecule has 5 rings (SSSR count). The minimum Gasteiger partial charge on any atom is -0.493 e. The largest absolute Gasteiger partial charge is 0.493 e. The lowest BCUT2D eigenvalue weighted by molar-refractivity contribution is 0.254. The summed E-state index contributed by atoms with van der Waals surface area (Å²) >= 11 is 1.58. The predicted molar refractivity (Wildman–Crippen MR) is 122 cm³/mol. The third kappa shape index (κ3) is 3.51. The molecule has 2 aliphatic rings. The summed E-state index contributed by atoms with van der Waals surface area (Å²) in [5.74, 6) is 1.79. The quantitative estimate of drug-likeness (QED) is 0.605. The average Bonchev–Trinajstić information content (AvgIpc) is 3.31. The number of benzene rings is 1. The van der Waals surface area contributed by atoms with Crippen LogP contribution >= 0.6 is 11.3 Å². The molecule has 0 saturated carbocycles. The van der Waals surface area contributed by atoms with Crippen LogP contribution in [0.5, 0.6) is 11.5 Å². The van der Waals surface area contributed by atoms with Crippen molar-refractivity contribution >= 4 is 33.2 Å². The van der Waals surface area contributed by atoms with Crippen molar-refractivity contribution in [3.63, 3.8) is 0 Å². The lowest BCUT2D eigenvalue weighted by atomic mass is 9.97. The van der Waals surface area contributed by atoms with Crippen molar-refractivity contribution in [2.45, 2.75) is 52.1 Å². The summed E-state index contributed by atoms with van der Waals surface area (Å²) < 4.78 is 11.7. The van der Waals surface area contributed by atoms with E-state index < -0.39 is 0 Å². The Balaban J connectivity index is 1.62.